The van der Waals surface area contributed by atoms with Crippen LogP contribution in [0.2, 0.25) is 0 Å². The van der Waals surface area contributed by atoms with Gasteiger partial charge in [0.15, 0.2) is 0 Å². The number of fused-ring (bicyclic) bond motifs is 1. The van der Waals surface area contributed by atoms with Crippen molar-refractivity contribution in [2.24, 2.45) is 23.7 Å². The second kappa shape index (κ2) is 12.2. The van der Waals surface area contributed by atoms with Crippen molar-refractivity contribution in [3.8, 4) is 0 Å². The molecule has 1 N–H and O–H groups in total. The summed E-state index contributed by atoms with van der Waals surface area (Å²) >= 11 is 4.89. The zero-order chi connectivity index (χ0) is 17.1. The minimum Gasteiger partial charge on any atom is -0.392 e. The van der Waals surface area contributed by atoms with E-state index in [2.05, 4.69) is 19.9 Å². The second-order valence-electron chi connectivity index (χ2n) is 6.31. The summed E-state index contributed by atoms with van der Waals surface area (Å²) in [4.78, 5) is 0. The van der Waals surface area contributed by atoms with E-state index in [9.17, 15) is 5.11 Å². The van der Waals surface area contributed by atoms with E-state index in [1.54, 1.807) is 10.9 Å². The highest BCUT2D eigenvalue weighted by Gasteiger charge is 2.38. The molecule has 2 heteroatoms. The molecule has 130 valence electrons. The predicted octanol–water partition coefficient (Wildman–Crippen LogP) is 6.20. The Morgan fingerprint density at radius 1 is 1.23 bits per heavy atom. The van der Waals surface area contributed by atoms with Crippen molar-refractivity contribution in [2.45, 2.75) is 86.2 Å². The van der Waals surface area contributed by atoms with Gasteiger partial charge in [-0.25, -0.2) is 0 Å². The summed E-state index contributed by atoms with van der Waals surface area (Å²) in [5.74, 6) is 2.61. The molecule has 2 aliphatic rings. The van der Waals surface area contributed by atoms with Crippen molar-refractivity contribution in [3.63, 3.8) is 0 Å². The highest BCUT2D eigenvalue weighted by atomic mass is 32.1. The Morgan fingerprint density at radius 3 is 2.45 bits per heavy atom. The molecule has 0 amide bonds. The van der Waals surface area contributed by atoms with E-state index in [4.69, 9.17) is 12.2 Å². The van der Waals surface area contributed by atoms with Crippen LogP contribution in [0, 0.1) is 23.7 Å². The van der Waals surface area contributed by atoms with Crippen LogP contribution in [0.4, 0.5) is 0 Å². The highest BCUT2D eigenvalue weighted by molar-refractivity contribution is 7.78. The molecule has 5 atom stereocenters. The van der Waals surface area contributed by atoms with Crippen LogP contribution in [-0.4, -0.2) is 16.6 Å². The maximum Gasteiger partial charge on any atom is 0.0611 e. The van der Waals surface area contributed by atoms with Crippen LogP contribution in [0.5, 0.6) is 0 Å². The SMILES string of the molecule is CC.CC.CC1=CC2C(CCCC2C(C)C(O)CC=S)CC1. The summed E-state index contributed by atoms with van der Waals surface area (Å²) in [6.45, 7) is 12.5. The lowest BCUT2D eigenvalue weighted by Gasteiger charge is -2.43. The molecule has 1 nitrogen and oxygen atoms in total. The van der Waals surface area contributed by atoms with Crippen molar-refractivity contribution < 1.29 is 5.11 Å². The fraction of sp³-hybridized carbons (Fsp3) is 0.850. The average Bonchev–Trinajstić information content (AvgIpc) is 2.57. The molecule has 0 radical (unpaired) electrons. The maximum atomic E-state index is 10.2. The molecule has 22 heavy (non-hydrogen) atoms. The van der Waals surface area contributed by atoms with Crippen molar-refractivity contribution in [2.75, 3.05) is 0 Å². The van der Waals surface area contributed by atoms with Gasteiger partial charge in [-0.15, -0.1) is 0 Å². The molecule has 2 rings (SSSR count). The van der Waals surface area contributed by atoms with Crippen LogP contribution in [0.1, 0.15) is 80.1 Å². The molecule has 1 fully saturated rings. The number of rotatable bonds is 4. The quantitative estimate of drug-likeness (QED) is 0.490. The van der Waals surface area contributed by atoms with E-state index in [-0.39, 0.29) is 6.10 Å². The number of hydrogen-bond donors (Lipinski definition) is 1. The molecular weight excluding hydrogens is 288 g/mol. The van der Waals surface area contributed by atoms with Gasteiger partial charge in [0.05, 0.1) is 6.10 Å². The monoisotopic (exact) mass is 326 g/mol. The van der Waals surface area contributed by atoms with Crippen LogP contribution in [-0.2, 0) is 0 Å². The molecule has 0 saturated heterocycles. The van der Waals surface area contributed by atoms with Crippen molar-refractivity contribution in [3.05, 3.63) is 11.6 Å². The lowest BCUT2D eigenvalue weighted by Crippen LogP contribution is -2.37. The number of aliphatic hydroxyl groups excluding tert-OH is 1. The van der Waals surface area contributed by atoms with Crippen LogP contribution < -0.4 is 0 Å². The van der Waals surface area contributed by atoms with E-state index in [1.165, 1.54) is 32.1 Å². The molecule has 0 spiro atoms. The Morgan fingerprint density at radius 2 is 1.86 bits per heavy atom. The Balaban J connectivity index is 0.00000102. The van der Waals surface area contributed by atoms with E-state index in [1.807, 2.05) is 27.7 Å². The van der Waals surface area contributed by atoms with Crippen LogP contribution in [0.25, 0.3) is 0 Å². The molecule has 0 aromatic carbocycles. The number of allylic oxidation sites excluding steroid dienone is 2. The standard InChI is InChI=1S/C16H26OS.2C2H6/c1-11-6-7-13-4-3-5-14(15(13)10-11)12(2)16(17)8-9-18;2*1-2/h9-10,12-17H,3-8H2,1-2H3;2*1-2H3. The van der Waals surface area contributed by atoms with E-state index in [0.29, 0.717) is 24.2 Å². The first-order chi connectivity index (χ1) is 10.6. The van der Waals surface area contributed by atoms with Crippen LogP contribution >= 0.6 is 12.2 Å². The first kappa shape index (κ1) is 21.8. The number of hydrogen-bond acceptors (Lipinski definition) is 2. The van der Waals surface area contributed by atoms with Gasteiger partial charge in [-0.3, -0.25) is 0 Å². The highest BCUT2D eigenvalue weighted by Crippen LogP contribution is 2.46. The number of aliphatic hydroxyl groups is 1. The molecule has 0 aromatic rings. The molecule has 0 aromatic heterocycles. The largest absolute Gasteiger partial charge is 0.392 e. The molecule has 0 bridgehead atoms. The van der Waals surface area contributed by atoms with Crippen molar-refractivity contribution in [1.29, 1.82) is 0 Å². The fourth-order valence-electron chi connectivity index (χ4n) is 3.98. The minimum absolute atomic E-state index is 0.248. The lowest BCUT2D eigenvalue weighted by molar-refractivity contribution is 0.0383. The summed E-state index contributed by atoms with van der Waals surface area (Å²) in [7, 11) is 0. The van der Waals surface area contributed by atoms with Crippen molar-refractivity contribution >= 4 is 17.6 Å². The Labute approximate surface area is 144 Å². The Bertz CT molecular complexity index is 324. The third-order valence-corrected chi connectivity index (χ3v) is 5.35. The summed E-state index contributed by atoms with van der Waals surface area (Å²) in [5, 5.41) is 11.9. The van der Waals surface area contributed by atoms with Crippen molar-refractivity contribution in [1.82, 2.24) is 0 Å². The maximum absolute atomic E-state index is 10.2. The zero-order valence-electron chi connectivity index (χ0n) is 15.6. The molecule has 0 aliphatic heterocycles. The molecule has 2 aliphatic carbocycles. The molecular formula is C20H38OS. The smallest absolute Gasteiger partial charge is 0.0611 e. The van der Waals surface area contributed by atoms with Gasteiger partial charge in [-0.1, -0.05) is 64.9 Å². The average molecular weight is 327 g/mol. The minimum atomic E-state index is -0.248. The van der Waals surface area contributed by atoms with Gasteiger partial charge < -0.3 is 5.11 Å². The third kappa shape index (κ3) is 6.12. The fourth-order valence-corrected chi connectivity index (χ4v) is 4.18. The number of thiocarbonyl (C=S) groups is 1. The van der Waals surface area contributed by atoms with Gasteiger partial charge in [0.1, 0.15) is 0 Å². The first-order valence-electron chi connectivity index (χ1n) is 9.42. The van der Waals surface area contributed by atoms with Gasteiger partial charge in [-0.2, -0.15) is 0 Å². The Hall–Kier alpha value is -0.210. The summed E-state index contributed by atoms with van der Waals surface area (Å²) in [5.41, 5.74) is 1.56. The van der Waals surface area contributed by atoms with Gasteiger partial charge in [0, 0.05) is 6.42 Å². The summed E-state index contributed by atoms with van der Waals surface area (Å²) in [6.07, 6.45) is 9.58. The summed E-state index contributed by atoms with van der Waals surface area (Å²) < 4.78 is 0. The lowest BCUT2D eigenvalue weighted by atomic mass is 9.62. The third-order valence-electron chi connectivity index (χ3n) is 5.16. The van der Waals surface area contributed by atoms with E-state index in [0.717, 1.165) is 5.92 Å². The van der Waals surface area contributed by atoms with Crippen LogP contribution in [0.3, 0.4) is 0 Å². The zero-order valence-corrected chi connectivity index (χ0v) is 16.5. The summed E-state index contributed by atoms with van der Waals surface area (Å²) in [6, 6.07) is 0. The van der Waals surface area contributed by atoms with Gasteiger partial charge in [0.2, 0.25) is 0 Å². The van der Waals surface area contributed by atoms with E-state index >= 15 is 0 Å². The molecule has 0 heterocycles. The normalized spacial score (nSPS) is 29.4. The van der Waals surface area contributed by atoms with Crippen LogP contribution in [0.15, 0.2) is 11.6 Å². The molecule has 5 unspecified atom stereocenters. The van der Waals surface area contributed by atoms with E-state index < -0.39 is 0 Å². The Kier molecular flexibility index (Phi) is 12.1. The first-order valence-corrected chi connectivity index (χ1v) is 9.89. The predicted molar refractivity (Wildman–Crippen MR) is 103 cm³/mol. The van der Waals surface area contributed by atoms with Gasteiger partial charge >= 0.3 is 0 Å². The molecule has 1 saturated carbocycles. The topological polar surface area (TPSA) is 20.2 Å². The van der Waals surface area contributed by atoms with Gasteiger partial charge in [-0.05, 0) is 61.6 Å². The second-order valence-corrected chi connectivity index (χ2v) is 6.65. The van der Waals surface area contributed by atoms with Gasteiger partial charge in [0.25, 0.3) is 0 Å².